The normalized spacial score (nSPS) is 21.8. The molecule has 0 N–H and O–H groups in total. The minimum atomic E-state index is -0.438. The number of carbonyl (C=O) groups is 1. The van der Waals surface area contributed by atoms with Crippen LogP contribution in [0.2, 0.25) is 0 Å². The molecule has 4 nitrogen and oxygen atoms in total. The van der Waals surface area contributed by atoms with Gasteiger partial charge in [0.2, 0.25) is 0 Å². The molecule has 2 heterocycles. The SMILES string of the molecule is COc1cc2c(cc1OC)[C@]1(Cc3ccccc3)[C@H](Cc3ccccc3)SC(=O)N1CC2. The average Bonchev–Trinajstić information content (AvgIpc) is 3.10. The molecular weight excluding hydrogens is 418 g/mol. The molecule has 1 saturated heterocycles. The van der Waals surface area contributed by atoms with Crippen molar-refractivity contribution in [3.05, 3.63) is 95.1 Å². The summed E-state index contributed by atoms with van der Waals surface area (Å²) in [6, 6.07) is 25.2. The molecule has 0 bridgehead atoms. The molecule has 2 atom stereocenters. The summed E-state index contributed by atoms with van der Waals surface area (Å²) in [7, 11) is 3.34. The summed E-state index contributed by atoms with van der Waals surface area (Å²) in [5.41, 5.74) is 4.47. The summed E-state index contributed by atoms with van der Waals surface area (Å²) in [4.78, 5) is 15.4. The lowest BCUT2D eigenvalue weighted by Gasteiger charge is -2.46. The largest absolute Gasteiger partial charge is 0.493 e. The van der Waals surface area contributed by atoms with Crippen LogP contribution in [0.15, 0.2) is 72.8 Å². The third-order valence-electron chi connectivity index (χ3n) is 6.74. The van der Waals surface area contributed by atoms with Crippen LogP contribution in [0.3, 0.4) is 0 Å². The Labute approximate surface area is 193 Å². The van der Waals surface area contributed by atoms with Gasteiger partial charge >= 0.3 is 0 Å². The van der Waals surface area contributed by atoms with Gasteiger partial charge < -0.3 is 14.4 Å². The molecule has 32 heavy (non-hydrogen) atoms. The summed E-state index contributed by atoms with van der Waals surface area (Å²) in [5.74, 6) is 1.45. The molecule has 3 aromatic carbocycles. The van der Waals surface area contributed by atoms with E-state index in [1.165, 1.54) is 34.0 Å². The highest BCUT2D eigenvalue weighted by Crippen LogP contribution is 2.54. The third-order valence-corrected chi connectivity index (χ3v) is 8.00. The number of carbonyl (C=O) groups excluding carboxylic acids is 1. The maximum atomic E-state index is 13.3. The lowest BCUT2D eigenvalue weighted by Crippen LogP contribution is -2.54. The van der Waals surface area contributed by atoms with Gasteiger partial charge in [0.25, 0.3) is 5.24 Å². The Morgan fingerprint density at radius 3 is 2.22 bits per heavy atom. The number of amides is 1. The van der Waals surface area contributed by atoms with Crippen LogP contribution in [0.1, 0.15) is 22.3 Å². The van der Waals surface area contributed by atoms with Crippen molar-refractivity contribution in [2.45, 2.75) is 30.1 Å². The Balaban J connectivity index is 1.70. The molecule has 0 unspecified atom stereocenters. The number of thioether (sulfide) groups is 1. The van der Waals surface area contributed by atoms with Gasteiger partial charge in [-0.25, -0.2) is 0 Å². The van der Waals surface area contributed by atoms with Crippen LogP contribution in [-0.4, -0.2) is 36.2 Å². The van der Waals surface area contributed by atoms with E-state index in [0.29, 0.717) is 12.3 Å². The van der Waals surface area contributed by atoms with E-state index in [0.717, 1.165) is 25.0 Å². The van der Waals surface area contributed by atoms with Gasteiger partial charge in [-0.2, -0.15) is 0 Å². The quantitative estimate of drug-likeness (QED) is 0.504. The van der Waals surface area contributed by atoms with Gasteiger partial charge in [-0.1, -0.05) is 72.4 Å². The van der Waals surface area contributed by atoms with Gasteiger partial charge in [-0.15, -0.1) is 0 Å². The first-order chi connectivity index (χ1) is 15.7. The van der Waals surface area contributed by atoms with E-state index in [-0.39, 0.29) is 10.5 Å². The van der Waals surface area contributed by atoms with Crippen LogP contribution in [0, 0.1) is 0 Å². The zero-order chi connectivity index (χ0) is 22.1. The van der Waals surface area contributed by atoms with Crippen LogP contribution in [-0.2, 0) is 24.8 Å². The van der Waals surface area contributed by atoms with E-state index in [1.54, 1.807) is 14.2 Å². The van der Waals surface area contributed by atoms with Crippen LogP contribution in [0.5, 0.6) is 11.5 Å². The number of ether oxygens (including phenoxy) is 2. The van der Waals surface area contributed by atoms with Gasteiger partial charge in [0, 0.05) is 18.2 Å². The van der Waals surface area contributed by atoms with Gasteiger partial charge in [-0.3, -0.25) is 4.79 Å². The highest BCUT2D eigenvalue weighted by atomic mass is 32.2. The zero-order valence-electron chi connectivity index (χ0n) is 18.4. The number of hydrogen-bond acceptors (Lipinski definition) is 4. The van der Waals surface area contributed by atoms with Crippen molar-refractivity contribution in [1.29, 1.82) is 0 Å². The summed E-state index contributed by atoms with van der Waals surface area (Å²) in [6.07, 6.45) is 2.41. The second-order valence-electron chi connectivity index (χ2n) is 8.41. The van der Waals surface area contributed by atoms with E-state index < -0.39 is 5.54 Å². The topological polar surface area (TPSA) is 38.8 Å². The number of methoxy groups -OCH3 is 2. The van der Waals surface area contributed by atoms with Crippen LogP contribution < -0.4 is 9.47 Å². The second-order valence-corrected chi connectivity index (χ2v) is 9.57. The standard InChI is InChI=1S/C27H27NO3S/c1-30-23-16-21-13-14-28-26(29)32-25(15-19-9-5-3-6-10-19)27(28,22(21)17-24(23)31-2)18-20-11-7-4-8-12-20/h3-12,16-17,25H,13-15,18H2,1-2H3/t25-,27+/m0/s1. The molecule has 164 valence electrons. The van der Waals surface area contributed by atoms with E-state index in [2.05, 4.69) is 65.6 Å². The van der Waals surface area contributed by atoms with Gasteiger partial charge in [-0.05, 0) is 47.2 Å². The number of hydrogen-bond donors (Lipinski definition) is 0. The monoisotopic (exact) mass is 445 g/mol. The smallest absolute Gasteiger partial charge is 0.282 e. The number of nitrogens with zero attached hydrogens (tertiary/aromatic N) is 1. The predicted molar refractivity (Wildman–Crippen MR) is 129 cm³/mol. The maximum absolute atomic E-state index is 13.3. The number of benzene rings is 3. The predicted octanol–water partition coefficient (Wildman–Crippen LogP) is 5.48. The highest BCUT2D eigenvalue weighted by molar-refractivity contribution is 8.14. The Morgan fingerprint density at radius 2 is 1.56 bits per heavy atom. The Bertz CT molecular complexity index is 1120. The molecule has 0 saturated carbocycles. The van der Waals surface area contributed by atoms with Crippen LogP contribution >= 0.6 is 11.8 Å². The van der Waals surface area contributed by atoms with E-state index in [4.69, 9.17) is 9.47 Å². The second kappa shape index (κ2) is 8.55. The molecule has 0 radical (unpaired) electrons. The zero-order valence-corrected chi connectivity index (χ0v) is 19.2. The molecule has 5 heteroatoms. The lowest BCUT2D eigenvalue weighted by molar-refractivity contribution is 0.125. The van der Waals surface area contributed by atoms with Crippen molar-refractivity contribution in [2.75, 3.05) is 20.8 Å². The van der Waals surface area contributed by atoms with Crippen molar-refractivity contribution in [2.24, 2.45) is 0 Å². The molecule has 1 amide bonds. The Kier molecular flexibility index (Phi) is 5.60. The first-order valence-corrected chi connectivity index (χ1v) is 11.8. The molecular formula is C27H27NO3S. The molecule has 3 aromatic rings. The first-order valence-electron chi connectivity index (χ1n) is 11.0. The van der Waals surface area contributed by atoms with Crippen molar-refractivity contribution in [3.8, 4) is 11.5 Å². The summed E-state index contributed by atoms with van der Waals surface area (Å²) in [6.45, 7) is 0.715. The fourth-order valence-corrected chi connectivity index (χ4v) is 6.68. The van der Waals surface area contributed by atoms with E-state index in [9.17, 15) is 4.79 Å². The minimum absolute atomic E-state index is 0.0924. The van der Waals surface area contributed by atoms with E-state index >= 15 is 0 Å². The Hall–Kier alpha value is -2.92. The molecule has 0 aliphatic carbocycles. The van der Waals surface area contributed by atoms with Crippen molar-refractivity contribution in [3.63, 3.8) is 0 Å². The summed E-state index contributed by atoms with van der Waals surface area (Å²) in [5, 5.41) is 0.261. The van der Waals surface area contributed by atoms with Crippen LogP contribution in [0.4, 0.5) is 4.79 Å². The molecule has 5 rings (SSSR count). The van der Waals surface area contributed by atoms with Gasteiger partial charge in [0.1, 0.15) is 0 Å². The summed E-state index contributed by atoms with van der Waals surface area (Å²) >= 11 is 1.49. The van der Waals surface area contributed by atoms with Crippen molar-refractivity contribution in [1.82, 2.24) is 4.90 Å². The van der Waals surface area contributed by atoms with Gasteiger partial charge in [0.05, 0.1) is 19.8 Å². The molecule has 1 fully saturated rings. The van der Waals surface area contributed by atoms with E-state index in [1.807, 2.05) is 12.1 Å². The fraction of sp³-hybridized carbons (Fsp3) is 0.296. The molecule has 2 aliphatic rings. The molecule has 2 aliphatic heterocycles. The van der Waals surface area contributed by atoms with Crippen LogP contribution in [0.25, 0.3) is 0 Å². The highest BCUT2D eigenvalue weighted by Gasteiger charge is 2.56. The molecule has 0 aromatic heterocycles. The summed E-state index contributed by atoms with van der Waals surface area (Å²) < 4.78 is 11.3. The number of rotatable bonds is 6. The number of fused-ring (bicyclic) bond motifs is 3. The molecule has 0 spiro atoms. The lowest BCUT2D eigenvalue weighted by atomic mass is 9.73. The fourth-order valence-electron chi connectivity index (χ4n) is 5.24. The Morgan fingerprint density at radius 1 is 0.938 bits per heavy atom. The maximum Gasteiger partial charge on any atom is 0.282 e. The first kappa shape index (κ1) is 21.0. The van der Waals surface area contributed by atoms with Crippen molar-refractivity contribution < 1.29 is 14.3 Å². The van der Waals surface area contributed by atoms with Crippen molar-refractivity contribution >= 4 is 17.0 Å². The third kappa shape index (κ3) is 3.45. The van der Waals surface area contributed by atoms with Gasteiger partial charge in [0.15, 0.2) is 11.5 Å². The minimum Gasteiger partial charge on any atom is -0.493 e. The average molecular weight is 446 g/mol.